The van der Waals surface area contributed by atoms with Crippen LogP contribution in [-0.4, -0.2) is 55.3 Å². The number of rotatable bonds is 4. The van der Waals surface area contributed by atoms with Crippen molar-refractivity contribution in [2.45, 2.75) is 19.4 Å². The summed E-state index contributed by atoms with van der Waals surface area (Å²) in [5, 5.41) is 3.05. The van der Waals surface area contributed by atoms with Gasteiger partial charge in [0.2, 0.25) is 0 Å². The molecular formula is C13H19N3O3S. The Kier molecular flexibility index (Phi) is 4.27. The number of sulfone groups is 1. The molecule has 1 N–H and O–H groups in total. The van der Waals surface area contributed by atoms with Crippen LogP contribution in [0.1, 0.15) is 23.8 Å². The van der Waals surface area contributed by atoms with Crippen LogP contribution in [0.3, 0.4) is 0 Å². The van der Waals surface area contributed by atoms with Crippen LogP contribution >= 0.6 is 0 Å². The molecular weight excluding hydrogens is 278 g/mol. The Labute approximate surface area is 119 Å². The zero-order chi connectivity index (χ0) is 14.8. The van der Waals surface area contributed by atoms with Gasteiger partial charge in [-0.15, -0.1) is 0 Å². The van der Waals surface area contributed by atoms with E-state index in [0.717, 1.165) is 6.54 Å². The van der Waals surface area contributed by atoms with Crippen LogP contribution in [-0.2, 0) is 9.84 Å². The van der Waals surface area contributed by atoms with Crippen molar-refractivity contribution in [3.05, 3.63) is 23.9 Å². The fourth-order valence-electron chi connectivity index (χ4n) is 2.26. The Bertz CT molecular complexity index is 601. The van der Waals surface area contributed by atoms with E-state index in [2.05, 4.69) is 10.3 Å². The highest BCUT2D eigenvalue weighted by atomic mass is 32.2. The third-order valence-corrected chi connectivity index (χ3v) is 5.15. The summed E-state index contributed by atoms with van der Waals surface area (Å²) in [6.07, 6.45) is 0.497. The van der Waals surface area contributed by atoms with E-state index in [-0.39, 0.29) is 23.5 Å². The van der Waals surface area contributed by atoms with Crippen LogP contribution < -0.4 is 5.32 Å². The predicted molar refractivity (Wildman–Crippen MR) is 77.6 cm³/mol. The van der Waals surface area contributed by atoms with E-state index >= 15 is 0 Å². The summed E-state index contributed by atoms with van der Waals surface area (Å²) in [6.45, 7) is 2.67. The summed E-state index contributed by atoms with van der Waals surface area (Å²) in [7, 11) is -1.37. The van der Waals surface area contributed by atoms with E-state index in [1.807, 2.05) is 6.92 Å². The fourth-order valence-corrected chi connectivity index (χ4v) is 4.04. The number of hydrogen-bond donors (Lipinski definition) is 1. The van der Waals surface area contributed by atoms with Gasteiger partial charge in [0.25, 0.3) is 5.91 Å². The summed E-state index contributed by atoms with van der Waals surface area (Å²) in [5.74, 6) is 0.597. The van der Waals surface area contributed by atoms with Crippen molar-refractivity contribution >= 4 is 21.6 Å². The average Bonchev–Trinajstić information content (AvgIpc) is 2.78. The lowest BCUT2D eigenvalue weighted by Gasteiger charge is -2.23. The van der Waals surface area contributed by atoms with Crippen molar-refractivity contribution in [1.29, 1.82) is 0 Å². The Morgan fingerprint density at radius 2 is 2.25 bits per heavy atom. The molecule has 0 saturated carbocycles. The van der Waals surface area contributed by atoms with Crippen LogP contribution in [0.2, 0.25) is 0 Å². The van der Waals surface area contributed by atoms with Crippen LogP contribution in [0.5, 0.6) is 0 Å². The third-order valence-electron chi connectivity index (χ3n) is 3.40. The molecule has 0 radical (unpaired) electrons. The van der Waals surface area contributed by atoms with Crippen molar-refractivity contribution in [2.75, 3.05) is 30.4 Å². The van der Waals surface area contributed by atoms with E-state index < -0.39 is 9.84 Å². The number of carbonyl (C=O) groups excluding carboxylic acids is 1. The molecule has 7 heteroatoms. The molecule has 0 bridgehead atoms. The van der Waals surface area contributed by atoms with Crippen LogP contribution in [0, 0.1) is 0 Å². The van der Waals surface area contributed by atoms with Crippen molar-refractivity contribution in [3.63, 3.8) is 0 Å². The maximum Gasteiger partial charge on any atom is 0.272 e. The molecule has 0 spiro atoms. The molecule has 1 aromatic rings. The lowest BCUT2D eigenvalue weighted by molar-refractivity contribution is 0.0742. The standard InChI is InChI=1S/C13H19N3O3S/c1-3-14-12-6-4-5-11(15-12)13(17)16(2)10-7-8-20(18,19)9-10/h4-6,10H,3,7-9H2,1-2H3,(H,14,15). The molecule has 1 aromatic heterocycles. The maximum atomic E-state index is 12.3. The second-order valence-corrected chi connectivity index (χ2v) is 7.14. The first-order valence-corrected chi connectivity index (χ1v) is 8.43. The van der Waals surface area contributed by atoms with Gasteiger partial charge in [-0.1, -0.05) is 6.07 Å². The first-order chi connectivity index (χ1) is 9.43. The van der Waals surface area contributed by atoms with Gasteiger partial charge in [-0.3, -0.25) is 4.79 Å². The first-order valence-electron chi connectivity index (χ1n) is 6.61. The maximum absolute atomic E-state index is 12.3. The largest absolute Gasteiger partial charge is 0.370 e. The van der Waals surface area contributed by atoms with Crippen LogP contribution in [0.15, 0.2) is 18.2 Å². The van der Waals surface area contributed by atoms with Gasteiger partial charge in [0.1, 0.15) is 11.5 Å². The molecule has 1 fully saturated rings. The van der Waals surface area contributed by atoms with Crippen LogP contribution in [0.25, 0.3) is 0 Å². The predicted octanol–water partition coefficient (Wildman–Crippen LogP) is 0.772. The van der Waals surface area contributed by atoms with Crippen molar-refractivity contribution in [3.8, 4) is 0 Å². The molecule has 1 saturated heterocycles. The number of carbonyl (C=O) groups is 1. The Balaban J connectivity index is 2.12. The highest BCUT2D eigenvalue weighted by Crippen LogP contribution is 2.18. The Morgan fingerprint density at radius 1 is 1.50 bits per heavy atom. The second-order valence-electron chi connectivity index (χ2n) is 4.91. The van der Waals surface area contributed by atoms with E-state index in [1.54, 1.807) is 25.2 Å². The van der Waals surface area contributed by atoms with Gasteiger partial charge < -0.3 is 10.2 Å². The quantitative estimate of drug-likeness (QED) is 0.888. The van der Waals surface area contributed by atoms with Gasteiger partial charge >= 0.3 is 0 Å². The normalized spacial score (nSPS) is 20.6. The SMILES string of the molecule is CCNc1cccc(C(=O)N(C)C2CCS(=O)(=O)C2)n1. The average molecular weight is 297 g/mol. The molecule has 0 aliphatic carbocycles. The van der Waals surface area contributed by atoms with Crippen molar-refractivity contribution < 1.29 is 13.2 Å². The molecule has 6 nitrogen and oxygen atoms in total. The molecule has 0 aromatic carbocycles. The minimum absolute atomic E-state index is 0.0438. The minimum atomic E-state index is -3.00. The number of nitrogens with zero attached hydrogens (tertiary/aromatic N) is 2. The summed E-state index contributed by atoms with van der Waals surface area (Å²) >= 11 is 0. The van der Waals surface area contributed by atoms with E-state index in [9.17, 15) is 13.2 Å². The molecule has 110 valence electrons. The van der Waals surface area contributed by atoms with Gasteiger partial charge in [-0.2, -0.15) is 0 Å². The topological polar surface area (TPSA) is 79.4 Å². The molecule has 1 aliphatic heterocycles. The number of pyridine rings is 1. The molecule has 1 aliphatic rings. The summed E-state index contributed by atoms with van der Waals surface area (Å²) in [6, 6.07) is 4.94. The number of aromatic nitrogens is 1. The van der Waals surface area contributed by atoms with E-state index in [4.69, 9.17) is 0 Å². The zero-order valence-corrected chi connectivity index (χ0v) is 12.5. The minimum Gasteiger partial charge on any atom is -0.370 e. The molecule has 1 atom stereocenters. The highest BCUT2D eigenvalue weighted by molar-refractivity contribution is 7.91. The first kappa shape index (κ1) is 14.8. The van der Waals surface area contributed by atoms with Crippen molar-refractivity contribution in [1.82, 2.24) is 9.88 Å². The van der Waals surface area contributed by atoms with Gasteiger partial charge in [0, 0.05) is 19.6 Å². The molecule has 20 heavy (non-hydrogen) atoms. The number of hydrogen-bond acceptors (Lipinski definition) is 5. The van der Waals surface area contributed by atoms with E-state index in [1.165, 1.54) is 4.90 Å². The highest BCUT2D eigenvalue weighted by Gasteiger charge is 2.33. The molecule has 2 rings (SSSR count). The molecule has 1 amide bonds. The number of amides is 1. The number of anilines is 1. The number of nitrogens with one attached hydrogen (secondary N) is 1. The van der Waals surface area contributed by atoms with E-state index in [0.29, 0.717) is 17.9 Å². The Hall–Kier alpha value is -1.63. The van der Waals surface area contributed by atoms with Crippen molar-refractivity contribution in [2.24, 2.45) is 0 Å². The lowest BCUT2D eigenvalue weighted by Crippen LogP contribution is -2.38. The monoisotopic (exact) mass is 297 g/mol. The Morgan fingerprint density at radius 3 is 2.85 bits per heavy atom. The van der Waals surface area contributed by atoms with Crippen LogP contribution in [0.4, 0.5) is 5.82 Å². The van der Waals surface area contributed by atoms with Gasteiger partial charge in [0.05, 0.1) is 11.5 Å². The zero-order valence-electron chi connectivity index (χ0n) is 11.7. The second kappa shape index (κ2) is 5.78. The molecule has 2 heterocycles. The fraction of sp³-hybridized carbons (Fsp3) is 0.538. The lowest BCUT2D eigenvalue weighted by atomic mass is 10.2. The summed E-state index contributed by atoms with van der Waals surface area (Å²) in [4.78, 5) is 18.1. The summed E-state index contributed by atoms with van der Waals surface area (Å²) < 4.78 is 23.0. The van der Waals surface area contributed by atoms with Gasteiger partial charge in [-0.05, 0) is 25.5 Å². The third kappa shape index (κ3) is 3.27. The summed E-state index contributed by atoms with van der Waals surface area (Å²) in [5.41, 5.74) is 0.329. The van der Waals surface area contributed by atoms with Gasteiger partial charge in [0.15, 0.2) is 9.84 Å². The van der Waals surface area contributed by atoms with Gasteiger partial charge in [-0.25, -0.2) is 13.4 Å². The smallest absolute Gasteiger partial charge is 0.272 e. The molecule has 1 unspecified atom stereocenters.